The monoisotopic (exact) mass is 290 g/mol. The number of nitrogens with zero attached hydrogens (tertiary/aromatic N) is 1. The number of aromatic carboxylic acids is 1. The minimum atomic E-state index is -0.994. The maximum Gasteiger partial charge on any atom is 0.335 e. The number of benzene rings is 1. The van der Waals surface area contributed by atoms with E-state index in [9.17, 15) is 9.59 Å². The SMILES string of the molecule is O=C(Cc1ccccc1C(=O)O)NCCN1CCCCC1. The molecule has 0 atom stereocenters. The van der Waals surface area contributed by atoms with Gasteiger partial charge in [-0.15, -0.1) is 0 Å². The maximum absolute atomic E-state index is 11.9. The van der Waals surface area contributed by atoms with Crippen LogP contribution in [0.1, 0.15) is 35.2 Å². The number of likely N-dealkylation sites (tertiary alicyclic amines) is 1. The number of hydrogen-bond donors (Lipinski definition) is 2. The lowest BCUT2D eigenvalue weighted by Gasteiger charge is -2.26. The van der Waals surface area contributed by atoms with E-state index in [0.717, 1.165) is 19.6 Å². The van der Waals surface area contributed by atoms with Crippen molar-refractivity contribution in [3.63, 3.8) is 0 Å². The smallest absolute Gasteiger partial charge is 0.335 e. The molecule has 1 aromatic rings. The molecule has 2 N–H and O–H groups in total. The third kappa shape index (κ3) is 4.86. The van der Waals surface area contributed by atoms with Gasteiger partial charge in [0.2, 0.25) is 5.91 Å². The number of carbonyl (C=O) groups excluding carboxylic acids is 1. The van der Waals surface area contributed by atoms with Crippen LogP contribution in [0.2, 0.25) is 0 Å². The summed E-state index contributed by atoms with van der Waals surface area (Å²) in [7, 11) is 0. The van der Waals surface area contributed by atoms with E-state index in [1.54, 1.807) is 18.2 Å². The molecule has 1 heterocycles. The number of carbonyl (C=O) groups is 2. The average Bonchev–Trinajstić information content (AvgIpc) is 2.48. The Morgan fingerprint density at radius 1 is 1.14 bits per heavy atom. The Morgan fingerprint density at radius 2 is 1.86 bits per heavy atom. The Balaban J connectivity index is 1.78. The van der Waals surface area contributed by atoms with Gasteiger partial charge in [-0.1, -0.05) is 24.6 Å². The van der Waals surface area contributed by atoms with E-state index in [4.69, 9.17) is 5.11 Å². The Kier molecular flexibility index (Phi) is 5.75. The molecule has 0 spiro atoms. The third-order valence-corrected chi connectivity index (χ3v) is 3.80. The molecule has 1 fully saturated rings. The Hall–Kier alpha value is -1.88. The van der Waals surface area contributed by atoms with Gasteiger partial charge in [0.1, 0.15) is 0 Å². The molecule has 1 aliphatic rings. The first-order chi connectivity index (χ1) is 10.2. The molecule has 0 unspecified atom stereocenters. The van der Waals surface area contributed by atoms with Crippen LogP contribution >= 0.6 is 0 Å². The summed E-state index contributed by atoms with van der Waals surface area (Å²) in [5, 5.41) is 12.0. The lowest BCUT2D eigenvalue weighted by molar-refractivity contribution is -0.120. The van der Waals surface area contributed by atoms with Gasteiger partial charge in [-0.3, -0.25) is 4.79 Å². The van der Waals surface area contributed by atoms with E-state index < -0.39 is 5.97 Å². The molecule has 114 valence electrons. The number of hydrogen-bond acceptors (Lipinski definition) is 3. The normalized spacial score (nSPS) is 15.6. The lowest BCUT2D eigenvalue weighted by Crippen LogP contribution is -2.38. The van der Waals surface area contributed by atoms with Gasteiger partial charge in [-0.25, -0.2) is 4.79 Å². The number of nitrogens with one attached hydrogen (secondary N) is 1. The number of piperidine rings is 1. The van der Waals surface area contributed by atoms with Gasteiger partial charge in [-0.2, -0.15) is 0 Å². The van der Waals surface area contributed by atoms with Gasteiger partial charge in [-0.05, 0) is 37.6 Å². The minimum absolute atomic E-state index is 0.114. The van der Waals surface area contributed by atoms with Crippen LogP contribution < -0.4 is 5.32 Å². The van der Waals surface area contributed by atoms with Crippen LogP contribution in [-0.2, 0) is 11.2 Å². The van der Waals surface area contributed by atoms with Crippen molar-refractivity contribution in [2.45, 2.75) is 25.7 Å². The van der Waals surface area contributed by atoms with Gasteiger partial charge >= 0.3 is 5.97 Å². The first-order valence-electron chi connectivity index (χ1n) is 7.47. The summed E-state index contributed by atoms with van der Waals surface area (Å²) < 4.78 is 0. The second-order valence-corrected chi connectivity index (χ2v) is 5.39. The quantitative estimate of drug-likeness (QED) is 0.833. The summed E-state index contributed by atoms with van der Waals surface area (Å²) >= 11 is 0. The van der Waals surface area contributed by atoms with Crippen molar-refractivity contribution >= 4 is 11.9 Å². The van der Waals surface area contributed by atoms with Crippen LogP contribution in [0.3, 0.4) is 0 Å². The van der Waals surface area contributed by atoms with Crippen LogP contribution in [0.25, 0.3) is 0 Å². The standard InChI is InChI=1S/C16H22N2O3/c19-15(17-8-11-18-9-4-1-5-10-18)12-13-6-2-3-7-14(13)16(20)21/h2-3,6-7H,1,4-5,8-12H2,(H,17,19)(H,20,21). The number of rotatable bonds is 6. The number of carboxylic acid groups (broad SMARTS) is 1. The molecular weight excluding hydrogens is 268 g/mol. The van der Waals surface area contributed by atoms with Crippen molar-refractivity contribution in [3.05, 3.63) is 35.4 Å². The highest BCUT2D eigenvalue weighted by Gasteiger charge is 2.13. The van der Waals surface area contributed by atoms with Crippen LogP contribution in [-0.4, -0.2) is 48.1 Å². The van der Waals surface area contributed by atoms with Crippen LogP contribution in [0.5, 0.6) is 0 Å². The fourth-order valence-electron chi connectivity index (χ4n) is 2.66. The summed E-state index contributed by atoms with van der Waals surface area (Å²) in [6.07, 6.45) is 3.89. The number of carboxylic acids is 1. The van der Waals surface area contributed by atoms with Crippen LogP contribution in [0.15, 0.2) is 24.3 Å². The summed E-state index contributed by atoms with van der Waals surface area (Å²) in [6.45, 7) is 3.70. The molecule has 21 heavy (non-hydrogen) atoms. The third-order valence-electron chi connectivity index (χ3n) is 3.80. The molecule has 0 saturated carbocycles. The van der Waals surface area contributed by atoms with Crippen molar-refractivity contribution < 1.29 is 14.7 Å². The van der Waals surface area contributed by atoms with E-state index in [1.165, 1.54) is 25.3 Å². The van der Waals surface area contributed by atoms with Crippen LogP contribution in [0.4, 0.5) is 0 Å². The predicted molar refractivity (Wildman–Crippen MR) is 80.4 cm³/mol. The zero-order chi connectivity index (χ0) is 15.1. The molecular formula is C16H22N2O3. The van der Waals surface area contributed by atoms with Crippen molar-refractivity contribution in [1.29, 1.82) is 0 Å². The summed E-state index contributed by atoms with van der Waals surface area (Å²) in [5.74, 6) is -1.12. The van der Waals surface area contributed by atoms with Gasteiger partial charge < -0.3 is 15.3 Å². The zero-order valence-corrected chi connectivity index (χ0v) is 12.2. The molecule has 1 aromatic carbocycles. The molecule has 2 rings (SSSR count). The topological polar surface area (TPSA) is 69.6 Å². The highest BCUT2D eigenvalue weighted by molar-refractivity contribution is 5.91. The largest absolute Gasteiger partial charge is 0.478 e. The van der Waals surface area contributed by atoms with Crippen molar-refractivity contribution in [3.8, 4) is 0 Å². The Bertz CT molecular complexity index is 496. The first-order valence-corrected chi connectivity index (χ1v) is 7.47. The van der Waals surface area contributed by atoms with Gasteiger partial charge in [0.15, 0.2) is 0 Å². The molecule has 5 nitrogen and oxygen atoms in total. The van der Waals surface area contributed by atoms with E-state index in [2.05, 4.69) is 10.2 Å². The molecule has 0 radical (unpaired) electrons. The van der Waals surface area contributed by atoms with Gasteiger partial charge in [0.25, 0.3) is 0 Å². The van der Waals surface area contributed by atoms with E-state index in [1.807, 2.05) is 0 Å². The first kappa shape index (κ1) is 15.5. The fourth-order valence-corrected chi connectivity index (χ4v) is 2.66. The molecule has 5 heteroatoms. The highest BCUT2D eigenvalue weighted by Crippen LogP contribution is 2.10. The minimum Gasteiger partial charge on any atom is -0.478 e. The van der Waals surface area contributed by atoms with Crippen LogP contribution in [0, 0.1) is 0 Å². The number of amides is 1. The second kappa shape index (κ2) is 7.78. The molecule has 0 bridgehead atoms. The molecule has 1 saturated heterocycles. The predicted octanol–water partition coefficient (Wildman–Crippen LogP) is 1.53. The summed E-state index contributed by atoms with van der Waals surface area (Å²) in [5.41, 5.74) is 0.754. The zero-order valence-electron chi connectivity index (χ0n) is 12.2. The second-order valence-electron chi connectivity index (χ2n) is 5.39. The van der Waals surface area contributed by atoms with Gasteiger partial charge in [0.05, 0.1) is 12.0 Å². The lowest BCUT2D eigenvalue weighted by atomic mass is 10.0. The maximum atomic E-state index is 11.9. The van der Waals surface area contributed by atoms with E-state index >= 15 is 0 Å². The van der Waals surface area contributed by atoms with Crippen molar-refractivity contribution in [1.82, 2.24) is 10.2 Å². The van der Waals surface area contributed by atoms with E-state index in [-0.39, 0.29) is 17.9 Å². The van der Waals surface area contributed by atoms with Crippen molar-refractivity contribution in [2.75, 3.05) is 26.2 Å². The molecule has 0 aromatic heterocycles. The molecule has 1 aliphatic heterocycles. The fraction of sp³-hybridized carbons (Fsp3) is 0.500. The molecule has 0 aliphatic carbocycles. The summed E-state index contributed by atoms with van der Waals surface area (Å²) in [6, 6.07) is 6.64. The summed E-state index contributed by atoms with van der Waals surface area (Å²) in [4.78, 5) is 25.3. The Morgan fingerprint density at radius 3 is 2.57 bits per heavy atom. The highest BCUT2D eigenvalue weighted by atomic mass is 16.4. The van der Waals surface area contributed by atoms with Crippen molar-refractivity contribution in [2.24, 2.45) is 0 Å². The van der Waals surface area contributed by atoms with Gasteiger partial charge in [0, 0.05) is 13.1 Å². The van der Waals surface area contributed by atoms with E-state index in [0.29, 0.717) is 12.1 Å². The average molecular weight is 290 g/mol. The molecule has 1 amide bonds. The Labute approximate surface area is 125 Å².